The molecule has 3 heterocycles. The third-order valence-corrected chi connectivity index (χ3v) is 4.22. The van der Waals surface area contributed by atoms with Crippen molar-refractivity contribution < 1.29 is 9.21 Å². The number of carbonyl (C=O) groups excluding carboxylic acids is 1. The van der Waals surface area contributed by atoms with Crippen LogP contribution in [0.5, 0.6) is 0 Å². The van der Waals surface area contributed by atoms with Gasteiger partial charge in [-0.15, -0.1) is 11.3 Å². The highest BCUT2D eigenvalue weighted by atomic mass is 32.1. The number of anilines is 1. The Bertz CT molecular complexity index is 782. The van der Waals surface area contributed by atoms with Gasteiger partial charge in [0, 0.05) is 41.9 Å². The van der Waals surface area contributed by atoms with E-state index < -0.39 is 0 Å². The van der Waals surface area contributed by atoms with Crippen LogP contribution in [0.25, 0.3) is 0 Å². The summed E-state index contributed by atoms with van der Waals surface area (Å²) < 4.78 is 5.58. The molecule has 1 amide bonds. The molecule has 23 heavy (non-hydrogen) atoms. The summed E-state index contributed by atoms with van der Waals surface area (Å²) in [5.74, 6) is 1.45. The normalized spacial score (nSPS) is 10.7. The quantitative estimate of drug-likeness (QED) is 0.752. The van der Waals surface area contributed by atoms with Crippen molar-refractivity contribution in [2.45, 2.75) is 26.2 Å². The zero-order chi connectivity index (χ0) is 16.1. The molecule has 0 saturated carbocycles. The van der Waals surface area contributed by atoms with E-state index in [-0.39, 0.29) is 5.91 Å². The summed E-state index contributed by atoms with van der Waals surface area (Å²) >= 11 is 1.46. The molecule has 0 bridgehead atoms. The van der Waals surface area contributed by atoms with Crippen LogP contribution < -0.4 is 5.32 Å². The van der Waals surface area contributed by atoms with E-state index in [1.54, 1.807) is 36.9 Å². The van der Waals surface area contributed by atoms with Gasteiger partial charge in [0.05, 0.1) is 6.20 Å². The molecule has 7 heteroatoms. The summed E-state index contributed by atoms with van der Waals surface area (Å²) in [5.41, 5.74) is 0.559. The maximum atomic E-state index is 12.0. The molecule has 3 aromatic rings. The van der Waals surface area contributed by atoms with Crippen LogP contribution in [0.1, 0.15) is 33.8 Å². The van der Waals surface area contributed by atoms with E-state index in [1.807, 2.05) is 6.92 Å². The number of hydrogen-bond acceptors (Lipinski definition) is 6. The molecule has 0 aliphatic carbocycles. The van der Waals surface area contributed by atoms with Gasteiger partial charge < -0.3 is 4.42 Å². The third kappa shape index (κ3) is 4.01. The van der Waals surface area contributed by atoms with Crippen molar-refractivity contribution >= 4 is 22.4 Å². The fourth-order valence-corrected chi connectivity index (χ4v) is 2.82. The van der Waals surface area contributed by atoms with Crippen LogP contribution in [-0.2, 0) is 19.3 Å². The van der Waals surface area contributed by atoms with Crippen molar-refractivity contribution in [1.29, 1.82) is 0 Å². The fourth-order valence-electron chi connectivity index (χ4n) is 2.01. The van der Waals surface area contributed by atoms with Crippen molar-refractivity contribution in [1.82, 2.24) is 15.0 Å². The molecule has 0 aliphatic heterocycles. The van der Waals surface area contributed by atoms with Gasteiger partial charge in [-0.1, -0.05) is 6.92 Å². The van der Waals surface area contributed by atoms with E-state index in [0.29, 0.717) is 10.7 Å². The van der Waals surface area contributed by atoms with Crippen molar-refractivity contribution in [3.05, 3.63) is 59.0 Å². The van der Waals surface area contributed by atoms with Crippen LogP contribution in [0, 0.1) is 0 Å². The second-order valence-corrected chi connectivity index (χ2v) is 6.01. The molecule has 0 fully saturated rings. The Morgan fingerprint density at radius 3 is 2.78 bits per heavy atom. The molecule has 6 nitrogen and oxygen atoms in total. The number of aryl methyl sites for hydroxylation is 3. The molecule has 0 radical (unpaired) electrons. The van der Waals surface area contributed by atoms with Crippen LogP contribution in [0.4, 0.5) is 5.13 Å². The maximum absolute atomic E-state index is 12.0. The molecule has 0 aromatic carbocycles. The van der Waals surface area contributed by atoms with E-state index in [4.69, 9.17) is 4.42 Å². The predicted molar refractivity (Wildman–Crippen MR) is 87.6 cm³/mol. The van der Waals surface area contributed by atoms with E-state index in [1.165, 1.54) is 11.3 Å². The van der Waals surface area contributed by atoms with Gasteiger partial charge in [0.2, 0.25) is 0 Å². The van der Waals surface area contributed by atoms with Crippen LogP contribution in [0.15, 0.2) is 41.3 Å². The lowest BCUT2D eigenvalue weighted by Gasteiger charge is -2.00. The molecule has 0 spiro atoms. The third-order valence-electron chi connectivity index (χ3n) is 3.25. The van der Waals surface area contributed by atoms with Crippen LogP contribution in [-0.4, -0.2) is 20.9 Å². The fraction of sp³-hybridized carbons (Fsp3) is 0.250. The van der Waals surface area contributed by atoms with Gasteiger partial charge in [0.25, 0.3) is 5.91 Å². The van der Waals surface area contributed by atoms with Crippen LogP contribution in [0.3, 0.4) is 0 Å². The summed E-state index contributed by atoms with van der Waals surface area (Å²) in [5, 5.41) is 3.38. The number of thiazole rings is 1. The number of hydrogen-bond donors (Lipinski definition) is 1. The summed E-state index contributed by atoms with van der Waals surface area (Å²) in [4.78, 5) is 25.5. The highest BCUT2D eigenvalue weighted by molar-refractivity contribution is 7.15. The Hall–Kier alpha value is -2.54. The average Bonchev–Trinajstić information content (AvgIpc) is 3.22. The largest absolute Gasteiger partial charge is 0.446 e. The highest BCUT2D eigenvalue weighted by Crippen LogP contribution is 2.20. The number of nitrogens with zero attached hydrogens (tertiary/aromatic N) is 3. The predicted octanol–water partition coefficient (Wildman–Crippen LogP) is 3.13. The first-order valence-corrected chi connectivity index (χ1v) is 8.16. The number of oxazole rings is 1. The van der Waals surface area contributed by atoms with Crippen molar-refractivity contribution in [3.8, 4) is 0 Å². The summed E-state index contributed by atoms with van der Waals surface area (Å²) in [6.07, 6.45) is 9.07. The zero-order valence-corrected chi connectivity index (χ0v) is 13.5. The second kappa shape index (κ2) is 7.15. The van der Waals surface area contributed by atoms with Gasteiger partial charge in [-0.2, -0.15) is 0 Å². The number of aromatic nitrogens is 3. The number of carbonyl (C=O) groups is 1. The number of rotatable bonds is 6. The topological polar surface area (TPSA) is 80.9 Å². The molecule has 1 N–H and O–H groups in total. The van der Waals surface area contributed by atoms with Gasteiger partial charge in [-0.05, 0) is 18.6 Å². The summed E-state index contributed by atoms with van der Waals surface area (Å²) in [7, 11) is 0. The molecular weight excluding hydrogens is 312 g/mol. The Morgan fingerprint density at radius 2 is 2.04 bits per heavy atom. The Balaban J connectivity index is 1.56. The van der Waals surface area contributed by atoms with Crippen LogP contribution >= 0.6 is 11.3 Å². The lowest BCUT2D eigenvalue weighted by Crippen LogP contribution is -2.11. The smallest absolute Gasteiger partial charge is 0.257 e. The molecule has 118 valence electrons. The number of amides is 1. The van der Waals surface area contributed by atoms with E-state index in [9.17, 15) is 4.79 Å². The maximum Gasteiger partial charge on any atom is 0.257 e. The molecule has 0 atom stereocenters. The lowest BCUT2D eigenvalue weighted by molar-refractivity contribution is 0.102. The van der Waals surface area contributed by atoms with E-state index in [0.717, 1.165) is 35.8 Å². The van der Waals surface area contributed by atoms with Gasteiger partial charge in [0.15, 0.2) is 11.0 Å². The van der Waals surface area contributed by atoms with Crippen molar-refractivity contribution in [2.24, 2.45) is 0 Å². The minimum Gasteiger partial charge on any atom is -0.446 e. The van der Waals surface area contributed by atoms with Gasteiger partial charge in [-0.25, -0.2) is 9.97 Å². The minimum absolute atomic E-state index is 0.186. The highest BCUT2D eigenvalue weighted by Gasteiger charge is 2.10. The summed E-state index contributed by atoms with van der Waals surface area (Å²) in [6.45, 7) is 2.03. The van der Waals surface area contributed by atoms with Crippen molar-refractivity contribution in [2.75, 3.05) is 5.32 Å². The van der Waals surface area contributed by atoms with Crippen LogP contribution in [0.2, 0.25) is 0 Å². The molecule has 3 aromatic heterocycles. The zero-order valence-electron chi connectivity index (χ0n) is 12.7. The summed E-state index contributed by atoms with van der Waals surface area (Å²) in [6, 6.07) is 3.33. The molecule has 3 rings (SSSR count). The lowest BCUT2D eigenvalue weighted by atomic mass is 10.2. The van der Waals surface area contributed by atoms with E-state index >= 15 is 0 Å². The minimum atomic E-state index is -0.186. The first kappa shape index (κ1) is 15.4. The number of pyridine rings is 1. The molecule has 0 aliphatic rings. The SMILES string of the molecule is CCc1cnc(CCc2cnc(NC(=O)c3ccncc3)s2)o1. The first-order chi connectivity index (χ1) is 11.2. The average molecular weight is 328 g/mol. The molecule has 0 saturated heterocycles. The molecular formula is C16H16N4O2S. The van der Waals surface area contributed by atoms with Gasteiger partial charge >= 0.3 is 0 Å². The Morgan fingerprint density at radius 1 is 1.22 bits per heavy atom. The molecule has 0 unspecified atom stereocenters. The van der Waals surface area contributed by atoms with Gasteiger partial charge in [0.1, 0.15) is 5.76 Å². The van der Waals surface area contributed by atoms with E-state index in [2.05, 4.69) is 20.3 Å². The standard InChI is InChI=1S/C16H16N4O2S/c1-2-12-9-18-14(22-12)4-3-13-10-19-16(23-13)20-15(21)11-5-7-17-8-6-11/h5-10H,2-4H2,1H3,(H,19,20,21). The Kier molecular flexibility index (Phi) is 4.77. The first-order valence-electron chi connectivity index (χ1n) is 7.34. The van der Waals surface area contributed by atoms with Crippen molar-refractivity contribution in [3.63, 3.8) is 0 Å². The Labute approximate surface area is 137 Å². The number of nitrogens with one attached hydrogen (secondary N) is 1. The van der Waals surface area contributed by atoms with Gasteiger partial charge in [-0.3, -0.25) is 15.1 Å². The second-order valence-electron chi connectivity index (χ2n) is 4.90. The monoisotopic (exact) mass is 328 g/mol.